The zero-order chi connectivity index (χ0) is 7.15. The predicted molar refractivity (Wildman–Crippen MR) is 52.4 cm³/mol. The fraction of sp³-hybridized carbons (Fsp3) is 1.00. The maximum Gasteiger partial charge on any atom is 0 e. The molecule has 0 N–H and O–H groups in total. The van der Waals surface area contributed by atoms with Gasteiger partial charge in [-0.2, -0.15) is 0 Å². The van der Waals surface area contributed by atoms with Crippen LogP contribution in [-0.2, 0) is 0 Å². The first kappa shape index (κ1) is 16.9. The van der Waals surface area contributed by atoms with Gasteiger partial charge in [-0.3, -0.25) is 0 Å². The molecule has 0 amide bonds. The van der Waals surface area contributed by atoms with Crippen LogP contribution in [-0.4, -0.2) is 45.8 Å². The zero-order valence-electron chi connectivity index (χ0n) is 7.41. The van der Waals surface area contributed by atoms with Crippen LogP contribution in [0.4, 0.5) is 0 Å². The molecule has 0 nitrogen and oxygen atoms in total. The second kappa shape index (κ2) is 12.3. The summed E-state index contributed by atoms with van der Waals surface area (Å²) in [6, 6.07) is 0. The third-order valence-electron chi connectivity index (χ3n) is 0. The van der Waals surface area contributed by atoms with Crippen molar-refractivity contribution >= 4 is 45.8 Å². The molecule has 0 aromatic rings. The topological polar surface area (TPSA) is 0 Å². The minimum atomic E-state index is -0.333. The minimum absolute atomic E-state index is 0. The van der Waals surface area contributed by atoms with Gasteiger partial charge in [-0.1, -0.05) is 0 Å². The summed E-state index contributed by atoms with van der Waals surface area (Å²) in [4.78, 5) is 0. The fourth-order valence-corrected chi connectivity index (χ4v) is 0. The van der Waals surface area contributed by atoms with Crippen molar-refractivity contribution in [1.29, 1.82) is 0 Å². The molecule has 0 unspecified atom stereocenters. The summed E-state index contributed by atoms with van der Waals surface area (Å²) in [7, 11) is 0. The molecule has 0 aromatic heterocycles. The molecule has 0 aliphatic carbocycles. The zero-order valence-corrected chi connectivity index (χ0v) is 13.3. The van der Waals surface area contributed by atoms with E-state index in [0.29, 0.717) is 0 Å². The Bertz CT molecular complexity index is 26.5. The van der Waals surface area contributed by atoms with Gasteiger partial charge in [0.2, 0.25) is 0 Å². The average molecular weight is 314 g/mol. The summed E-state index contributed by atoms with van der Waals surface area (Å²) in [6.45, 7) is 0. The Morgan fingerprint density at radius 1 is 0.556 bits per heavy atom. The van der Waals surface area contributed by atoms with Crippen LogP contribution in [0.25, 0.3) is 0 Å². The average Bonchev–Trinajstić information content (AvgIpc) is 1.25. The quantitative estimate of drug-likeness (QED) is 0.602. The largest absolute Gasteiger partial charge is 0 e. The van der Waals surface area contributed by atoms with Gasteiger partial charge in [-0.25, -0.2) is 0 Å². The van der Waals surface area contributed by atoms with E-state index in [1.165, 1.54) is 0 Å². The Balaban J connectivity index is -0.0000000720. The first-order valence-electron chi connectivity index (χ1n) is 3.00. The maximum absolute atomic E-state index is 2.33. The maximum atomic E-state index is 2.33. The Kier molecular flexibility index (Phi) is 23.1. The van der Waals surface area contributed by atoms with E-state index in [0.717, 1.165) is 0 Å². The van der Waals surface area contributed by atoms with Crippen molar-refractivity contribution in [3.8, 4) is 0 Å². The number of hydrogen-bond acceptors (Lipinski definition) is 0. The van der Waals surface area contributed by atoms with Crippen LogP contribution in [0.1, 0.15) is 0 Å². The van der Waals surface area contributed by atoms with E-state index in [2.05, 4.69) is 34.5 Å². The molecular weight excluding hydrogens is 296 g/mol. The van der Waals surface area contributed by atoms with E-state index < -0.39 is 0 Å². The van der Waals surface area contributed by atoms with Gasteiger partial charge in [-0.15, -0.1) is 0 Å². The molecule has 4 radical (unpaired) electrons. The van der Waals surface area contributed by atoms with E-state index in [9.17, 15) is 0 Å². The van der Waals surface area contributed by atoms with Crippen molar-refractivity contribution in [2.75, 3.05) is 0 Å². The van der Waals surface area contributed by atoms with Crippen molar-refractivity contribution in [1.82, 2.24) is 0 Å². The van der Waals surface area contributed by atoms with Crippen LogP contribution in [0.15, 0.2) is 0 Å². The number of rotatable bonds is 0. The van der Waals surface area contributed by atoms with Gasteiger partial charge in [0.1, 0.15) is 0 Å². The second-order valence-corrected chi connectivity index (χ2v) is 15.6. The molecule has 0 atom stereocenters. The molecule has 0 aliphatic heterocycles. The molecule has 0 fully saturated rings. The molecule has 0 saturated heterocycles. The van der Waals surface area contributed by atoms with E-state index in [1.807, 2.05) is 0 Å². The summed E-state index contributed by atoms with van der Waals surface area (Å²) < 4.78 is 0. The van der Waals surface area contributed by atoms with Gasteiger partial charge in [0.05, 0.1) is 0 Å². The van der Waals surface area contributed by atoms with E-state index >= 15 is 0 Å². The smallest absolute Gasteiger partial charge is 0 e. The van der Waals surface area contributed by atoms with Gasteiger partial charge in [0.25, 0.3) is 0 Å². The first-order chi connectivity index (χ1) is 3.46. The second-order valence-electron chi connectivity index (χ2n) is 3.00. The van der Waals surface area contributed by atoms with Crippen molar-refractivity contribution < 1.29 is 0 Å². The van der Waals surface area contributed by atoms with Gasteiger partial charge in [0.15, 0.2) is 0 Å². The van der Waals surface area contributed by atoms with Gasteiger partial charge in [-0.05, 0) is 0 Å². The monoisotopic (exact) mass is 318 g/mol. The normalized spacial score (nSPS) is 8.00. The Morgan fingerprint density at radius 2 is 0.556 bits per heavy atom. The fourth-order valence-electron chi connectivity index (χ4n) is 0. The van der Waals surface area contributed by atoms with Gasteiger partial charge in [0, 0.05) is 17.1 Å². The van der Waals surface area contributed by atoms with Gasteiger partial charge >= 0.3 is 63.2 Å². The third kappa shape index (κ3) is 216. The molecule has 0 aliphatic rings. The molecule has 9 heavy (non-hydrogen) atoms. The molecule has 0 rings (SSSR count). The molecule has 0 saturated carbocycles. The molecule has 0 bridgehead atoms. The van der Waals surface area contributed by atoms with Crippen molar-refractivity contribution in [3.05, 3.63) is 0 Å². The van der Waals surface area contributed by atoms with E-state index in [1.54, 1.807) is 0 Å². The van der Waals surface area contributed by atoms with Gasteiger partial charge < -0.3 is 0 Å². The summed E-state index contributed by atoms with van der Waals surface area (Å²) in [5, 5.41) is 0. The number of hydrogen-bond donors (Lipinski definition) is 0. The minimum Gasteiger partial charge on any atom is 0 e. The molecule has 56 valence electrons. The van der Waals surface area contributed by atoms with E-state index in [-0.39, 0.29) is 45.8 Å². The summed E-state index contributed by atoms with van der Waals surface area (Å²) in [5.41, 5.74) is 0. The SMILES string of the molecule is [CH3][Ge]([CH3])[CH3].[CH3][Ge]([CH3])[CH3].[Se]. The Hall–Kier alpha value is 1.61. The predicted octanol–water partition coefficient (Wildman–Crippen LogP) is 2.36. The van der Waals surface area contributed by atoms with Crippen LogP contribution in [0.3, 0.4) is 0 Å². The molecule has 0 heterocycles. The van der Waals surface area contributed by atoms with Crippen LogP contribution >= 0.6 is 0 Å². The Labute approximate surface area is 79.9 Å². The van der Waals surface area contributed by atoms with Crippen molar-refractivity contribution in [2.24, 2.45) is 0 Å². The molecule has 0 spiro atoms. The van der Waals surface area contributed by atoms with Crippen molar-refractivity contribution in [2.45, 2.75) is 34.5 Å². The Morgan fingerprint density at radius 3 is 0.556 bits per heavy atom. The van der Waals surface area contributed by atoms with Crippen molar-refractivity contribution in [3.63, 3.8) is 0 Å². The van der Waals surface area contributed by atoms with Crippen LogP contribution in [0.2, 0.25) is 34.5 Å². The summed E-state index contributed by atoms with van der Waals surface area (Å²) in [5.74, 6) is 14.0. The summed E-state index contributed by atoms with van der Waals surface area (Å²) in [6.07, 6.45) is 0. The molecule has 0 aromatic carbocycles. The molecule has 3 heteroatoms. The molecular formula is C6H18Ge2Se. The van der Waals surface area contributed by atoms with Crippen LogP contribution in [0.5, 0.6) is 0 Å². The third-order valence-corrected chi connectivity index (χ3v) is 0. The summed E-state index contributed by atoms with van der Waals surface area (Å²) >= 11 is -0.667. The first-order valence-corrected chi connectivity index (χ1v) is 15.6. The van der Waals surface area contributed by atoms with E-state index in [4.69, 9.17) is 0 Å². The van der Waals surface area contributed by atoms with Crippen LogP contribution in [0, 0.1) is 0 Å². The van der Waals surface area contributed by atoms with Crippen LogP contribution < -0.4 is 0 Å². The standard InChI is InChI=1S/2C3H9Ge.Se/c2*1-4(2)3;/h2*1-3H3;.